The molecule has 90 valence electrons. The number of benzene rings is 1. The Balaban J connectivity index is 2.46. The van der Waals surface area contributed by atoms with Gasteiger partial charge in [0.1, 0.15) is 5.69 Å². The lowest BCUT2D eigenvalue weighted by molar-refractivity contribution is 0.698. The largest absolute Gasteiger partial charge is 0.271 e. The summed E-state index contributed by atoms with van der Waals surface area (Å²) in [5.41, 5.74) is 3.30. The zero-order valence-corrected chi connectivity index (χ0v) is 12.2. The molecule has 0 saturated carbocycles. The predicted octanol–water partition coefficient (Wildman–Crippen LogP) is 4.46. The van der Waals surface area contributed by atoms with Gasteiger partial charge in [-0.1, -0.05) is 37.1 Å². The van der Waals surface area contributed by atoms with Gasteiger partial charge in [-0.25, -0.2) is 0 Å². The molecule has 2 aromatic rings. The maximum atomic E-state index is 5.89. The molecule has 1 aromatic carbocycles. The predicted molar refractivity (Wildman–Crippen MR) is 75.3 cm³/mol. The molecule has 0 N–H and O–H groups in total. The van der Waals surface area contributed by atoms with E-state index in [0.29, 0.717) is 0 Å². The zero-order chi connectivity index (χ0) is 12.4. The Labute approximate surface area is 115 Å². The van der Waals surface area contributed by atoms with Crippen LogP contribution in [0.2, 0.25) is 5.02 Å². The summed E-state index contributed by atoms with van der Waals surface area (Å²) in [4.78, 5) is 0. The monoisotopic (exact) mass is 312 g/mol. The van der Waals surface area contributed by atoms with Crippen molar-refractivity contribution in [2.45, 2.75) is 19.8 Å². The lowest BCUT2D eigenvalue weighted by Gasteiger charge is -1.99. The molecule has 1 heterocycles. The highest BCUT2D eigenvalue weighted by Crippen LogP contribution is 2.31. The third-order valence-corrected chi connectivity index (χ3v) is 3.79. The Hall–Kier alpha value is -0.800. The van der Waals surface area contributed by atoms with Gasteiger partial charge in [0, 0.05) is 17.6 Å². The van der Waals surface area contributed by atoms with E-state index < -0.39 is 0 Å². The average molecular weight is 314 g/mol. The van der Waals surface area contributed by atoms with Crippen molar-refractivity contribution in [3.8, 4) is 11.3 Å². The molecule has 0 radical (unpaired) electrons. The summed E-state index contributed by atoms with van der Waals surface area (Å²) >= 11 is 9.53. The van der Waals surface area contributed by atoms with Gasteiger partial charge in [-0.3, -0.25) is 4.68 Å². The fourth-order valence-electron chi connectivity index (χ4n) is 1.83. The van der Waals surface area contributed by atoms with Crippen molar-refractivity contribution < 1.29 is 0 Å². The Kier molecular flexibility index (Phi) is 3.89. The van der Waals surface area contributed by atoms with Crippen LogP contribution in [0.5, 0.6) is 0 Å². The first-order valence-electron chi connectivity index (χ1n) is 5.60. The molecular formula is C13H14BrClN2. The summed E-state index contributed by atoms with van der Waals surface area (Å²) in [5.74, 6) is 0. The summed E-state index contributed by atoms with van der Waals surface area (Å²) in [6, 6.07) is 7.76. The van der Waals surface area contributed by atoms with Gasteiger partial charge in [0.15, 0.2) is 0 Å². The van der Waals surface area contributed by atoms with E-state index in [1.807, 2.05) is 36.0 Å². The highest BCUT2D eigenvalue weighted by molar-refractivity contribution is 9.10. The second-order valence-corrected chi connectivity index (χ2v) is 5.22. The van der Waals surface area contributed by atoms with Crippen LogP contribution in [0.25, 0.3) is 11.3 Å². The zero-order valence-electron chi connectivity index (χ0n) is 9.87. The summed E-state index contributed by atoms with van der Waals surface area (Å²) in [6.45, 7) is 2.17. The summed E-state index contributed by atoms with van der Waals surface area (Å²) in [7, 11) is 1.98. The van der Waals surface area contributed by atoms with Gasteiger partial charge in [0.25, 0.3) is 0 Å². The van der Waals surface area contributed by atoms with E-state index in [2.05, 4.69) is 28.0 Å². The van der Waals surface area contributed by atoms with Gasteiger partial charge in [-0.05, 0) is 34.5 Å². The topological polar surface area (TPSA) is 17.8 Å². The van der Waals surface area contributed by atoms with Crippen molar-refractivity contribution in [3.63, 3.8) is 0 Å². The van der Waals surface area contributed by atoms with Crippen LogP contribution in [0.15, 0.2) is 28.7 Å². The fourth-order valence-corrected chi connectivity index (χ4v) is 2.72. The van der Waals surface area contributed by atoms with Crippen molar-refractivity contribution in [2.24, 2.45) is 7.05 Å². The molecule has 0 unspecified atom stereocenters. The van der Waals surface area contributed by atoms with Gasteiger partial charge >= 0.3 is 0 Å². The number of hydrogen-bond acceptors (Lipinski definition) is 1. The molecule has 1 aromatic heterocycles. The van der Waals surface area contributed by atoms with E-state index in [1.165, 1.54) is 5.69 Å². The normalized spacial score (nSPS) is 10.8. The molecule has 0 spiro atoms. The van der Waals surface area contributed by atoms with Crippen LogP contribution in [-0.4, -0.2) is 9.78 Å². The van der Waals surface area contributed by atoms with Crippen LogP contribution < -0.4 is 0 Å². The summed E-state index contributed by atoms with van der Waals surface area (Å²) < 4.78 is 3.03. The van der Waals surface area contributed by atoms with Gasteiger partial charge < -0.3 is 0 Å². The van der Waals surface area contributed by atoms with Crippen molar-refractivity contribution in [1.29, 1.82) is 0 Å². The molecule has 0 bridgehead atoms. The van der Waals surface area contributed by atoms with Gasteiger partial charge in [0.2, 0.25) is 0 Å². The van der Waals surface area contributed by atoms with E-state index in [9.17, 15) is 0 Å². The number of aromatic nitrogens is 2. The number of aryl methyl sites for hydroxylation is 1. The average Bonchev–Trinajstić information content (AvgIpc) is 2.59. The van der Waals surface area contributed by atoms with E-state index in [4.69, 9.17) is 11.6 Å². The first-order chi connectivity index (χ1) is 8.13. The number of rotatable bonds is 3. The lowest BCUT2D eigenvalue weighted by Crippen LogP contribution is -1.97. The molecule has 2 rings (SSSR count). The van der Waals surface area contributed by atoms with Gasteiger partial charge in [0.05, 0.1) is 10.2 Å². The highest BCUT2D eigenvalue weighted by atomic mass is 79.9. The second kappa shape index (κ2) is 5.23. The molecule has 0 atom stereocenters. The third-order valence-electron chi connectivity index (χ3n) is 2.71. The minimum atomic E-state index is 0.745. The first-order valence-corrected chi connectivity index (χ1v) is 6.78. The molecule has 0 amide bonds. The maximum absolute atomic E-state index is 5.89. The number of nitrogens with zero attached hydrogens (tertiary/aromatic N) is 2. The fraction of sp³-hybridized carbons (Fsp3) is 0.308. The SMILES string of the molecule is CCCc1c(Br)c(-c2ccc(Cl)cc2)nn1C. The number of hydrogen-bond donors (Lipinski definition) is 0. The van der Waals surface area contributed by atoms with E-state index >= 15 is 0 Å². The van der Waals surface area contributed by atoms with Crippen LogP contribution in [0.3, 0.4) is 0 Å². The molecule has 0 aliphatic rings. The molecule has 0 fully saturated rings. The minimum Gasteiger partial charge on any atom is -0.271 e. The quantitative estimate of drug-likeness (QED) is 0.818. The van der Waals surface area contributed by atoms with Crippen LogP contribution >= 0.6 is 27.5 Å². The molecule has 4 heteroatoms. The van der Waals surface area contributed by atoms with E-state index in [1.54, 1.807) is 0 Å². The summed E-state index contributed by atoms with van der Waals surface area (Å²) in [6.07, 6.45) is 2.13. The van der Waals surface area contributed by atoms with Crippen LogP contribution in [0.1, 0.15) is 19.0 Å². The van der Waals surface area contributed by atoms with Crippen LogP contribution in [0.4, 0.5) is 0 Å². The minimum absolute atomic E-state index is 0.745. The molecule has 0 aliphatic heterocycles. The van der Waals surface area contributed by atoms with Gasteiger partial charge in [-0.2, -0.15) is 5.10 Å². The number of halogens is 2. The molecule has 2 nitrogen and oxygen atoms in total. The summed E-state index contributed by atoms with van der Waals surface area (Å²) in [5, 5.41) is 5.30. The Morgan fingerprint density at radius 1 is 1.29 bits per heavy atom. The van der Waals surface area contributed by atoms with Crippen molar-refractivity contribution in [1.82, 2.24) is 9.78 Å². The van der Waals surface area contributed by atoms with Gasteiger partial charge in [-0.15, -0.1) is 0 Å². The van der Waals surface area contributed by atoms with Crippen molar-refractivity contribution in [3.05, 3.63) is 39.5 Å². The lowest BCUT2D eigenvalue weighted by atomic mass is 10.1. The smallest absolute Gasteiger partial charge is 0.107 e. The van der Waals surface area contributed by atoms with Crippen molar-refractivity contribution in [2.75, 3.05) is 0 Å². The molecule has 0 saturated heterocycles. The maximum Gasteiger partial charge on any atom is 0.107 e. The highest BCUT2D eigenvalue weighted by Gasteiger charge is 2.14. The molecule has 0 aliphatic carbocycles. The third kappa shape index (κ3) is 2.55. The van der Waals surface area contributed by atoms with Crippen molar-refractivity contribution >= 4 is 27.5 Å². The Morgan fingerprint density at radius 2 is 1.94 bits per heavy atom. The standard InChI is InChI=1S/C13H14BrClN2/c1-3-4-11-12(14)13(16-17(11)2)9-5-7-10(15)8-6-9/h5-8H,3-4H2,1-2H3. The van der Waals surface area contributed by atoms with Crippen LogP contribution in [0, 0.1) is 0 Å². The molecule has 17 heavy (non-hydrogen) atoms. The second-order valence-electron chi connectivity index (χ2n) is 3.99. The van der Waals surface area contributed by atoms with E-state index in [0.717, 1.165) is 33.6 Å². The first kappa shape index (κ1) is 12.7. The Bertz CT molecular complexity index is 517. The van der Waals surface area contributed by atoms with Crippen LogP contribution in [-0.2, 0) is 13.5 Å². The van der Waals surface area contributed by atoms with E-state index in [-0.39, 0.29) is 0 Å². The molecular weight excluding hydrogens is 300 g/mol. The Morgan fingerprint density at radius 3 is 2.53 bits per heavy atom.